The van der Waals surface area contributed by atoms with Gasteiger partial charge >= 0.3 is 23.9 Å². The number of carbonyl (C=O) groups excluding carboxylic acids is 4. The summed E-state index contributed by atoms with van der Waals surface area (Å²) in [5, 5.41) is 0. The van der Waals surface area contributed by atoms with Crippen molar-refractivity contribution in [1.82, 2.24) is 0 Å². The third-order valence-corrected chi connectivity index (χ3v) is 3.19. The van der Waals surface area contributed by atoms with E-state index < -0.39 is 61.1 Å². The van der Waals surface area contributed by atoms with Gasteiger partial charge in [0.1, 0.15) is 12.7 Å². The van der Waals surface area contributed by atoms with Crippen molar-refractivity contribution >= 4 is 23.9 Å². The first-order chi connectivity index (χ1) is 11.6. The molecule has 9 nitrogen and oxygen atoms in total. The number of ether oxygens (including phenoxy) is 5. The van der Waals surface area contributed by atoms with Crippen molar-refractivity contribution in [2.75, 3.05) is 13.2 Å². The molecule has 142 valence electrons. The maximum atomic E-state index is 14.4. The summed E-state index contributed by atoms with van der Waals surface area (Å²) in [7, 11) is 0. The molecule has 0 aromatic rings. The molecular formula is C15H21FO9. The molecule has 0 aromatic carbocycles. The lowest BCUT2D eigenvalue weighted by atomic mass is 9.96. The zero-order valence-electron chi connectivity index (χ0n) is 14.4. The third-order valence-electron chi connectivity index (χ3n) is 3.19. The summed E-state index contributed by atoms with van der Waals surface area (Å²) in [4.78, 5) is 44.8. The van der Waals surface area contributed by atoms with Crippen molar-refractivity contribution in [3.63, 3.8) is 0 Å². The molecule has 0 N–H and O–H groups in total. The highest BCUT2D eigenvalue weighted by atomic mass is 19.1. The van der Waals surface area contributed by atoms with E-state index >= 15 is 0 Å². The standard InChI is InChI=1S/C15H21FO9/c1-7(17)21-5-11(16)13-15(25-10(4)20)14(24-9(3)19)12(6-22-13)23-8(2)18/h11-15H,5-6H2,1-4H3/t11-,12?,13?,14?,15+/m0/s1. The summed E-state index contributed by atoms with van der Waals surface area (Å²) in [5.74, 6) is -2.89. The number of rotatable bonds is 6. The summed E-state index contributed by atoms with van der Waals surface area (Å²) < 4.78 is 39.4. The Bertz CT molecular complexity index is 521. The monoisotopic (exact) mass is 364 g/mol. The van der Waals surface area contributed by atoms with Gasteiger partial charge in [0.05, 0.1) is 6.61 Å². The Labute approximate surface area is 143 Å². The van der Waals surface area contributed by atoms with Crippen LogP contribution in [0.5, 0.6) is 0 Å². The first kappa shape index (κ1) is 20.8. The normalized spacial score (nSPS) is 26.9. The van der Waals surface area contributed by atoms with Crippen LogP contribution in [0.1, 0.15) is 27.7 Å². The minimum Gasteiger partial charge on any atom is -0.463 e. The van der Waals surface area contributed by atoms with Gasteiger partial charge < -0.3 is 23.7 Å². The topological polar surface area (TPSA) is 114 Å². The smallest absolute Gasteiger partial charge is 0.303 e. The summed E-state index contributed by atoms with van der Waals surface area (Å²) in [6.45, 7) is 3.50. The van der Waals surface area contributed by atoms with Crippen LogP contribution in [0.4, 0.5) is 4.39 Å². The number of esters is 4. The molecule has 0 aliphatic carbocycles. The van der Waals surface area contributed by atoms with Crippen LogP contribution in [0.2, 0.25) is 0 Å². The van der Waals surface area contributed by atoms with E-state index in [0.717, 1.165) is 27.7 Å². The van der Waals surface area contributed by atoms with Crippen molar-refractivity contribution in [2.24, 2.45) is 0 Å². The SMILES string of the molecule is CC(=O)OC[C@H](F)C1OCC(OC(C)=O)C(OC(C)=O)[C@@H]1OC(C)=O. The highest BCUT2D eigenvalue weighted by molar-refractivity contribution is 5.68. The molecule has 0 aromatic heterocycles. The fourth-order valence-electron chi connectivity index (χ4n) is 2.37. The Balaban J connectivity index is 3.04. The Kier molecular flexibility index (Phi) is 7.75. The lowest BCUT2D eigenvalue weighted by molar-refractivity contribution is -0.235. The van der Waals surface area contributed by atoms with Crippen molar-refractivity contribution < 1.29 is 47.3 Å². The molecule has 1 aliphatic rings. The molecule has 25 heavy (non-hydrogen) atoms. The van der Waals surface area contributed by atoms with E-state index in [1.807, 2.05) is 0 Å². The van der Waals surface area contributed by atoms with Crippen LogP contribution >= 0.6 is 0 Å². The van der Waals surface area contributed by atoms with Crippen molar-refractivity contribution in [3.8, 4) is 0 Å². The van der Waals surface area contributed by atoms with Gasteiger partial charge in [-0.3, -0.25) is 19.2 Å². The molecule has 0 saturated carbocycles. The maximum absolute atomic E-state index is 14.4. The number of alkyl halides is 1. The zero-order valence-corrected chi connectivity index (χ0v) is 14.4. The molecule has 1 saturated heterocycles. The molecule has 0 amide bonds. The molecule has 10 heteroatoms. The van der Waals surface area contributed by atoms with Crippen LogP contribution in [-0.2, 0) is 42.9 Å². The summed E-state index contributed by atoms with van der Waals surface area (Å²) in [5.41, 5.74) is 0. The molecule has 1 heterocycles. The highest BCUT2D eigenvalue weighted by Gasteiger charge is 2.49. The average molecular weight is 364 g/mol. The Morgan fingerprint density at radius 2 is 1.44 bits per heavy atom. The zero-order chi connectivity index (χ0) is 19.1. The van der Waals surface area contributed by atoms with Crippen LogP contribution in [0.3, 0.4) is 0 Å². The van der Waals surface area contributed by atoms with E-state index in [4.69, 9.17) is 18.9 Å². The predicted molar refractivity (Wildman–Crippen MR) is 77.9 cm³/mol. The largest absolute Gasteiger partial charge is 0.463 e. The maximum Gasteiger partial charge on any atom is 0.303 e. The first-order valence-electron chi connectivity index (χ1n) is 7.52. The van der Waals surface area contributed by atoms with E-state index in [0.29, 0.717) is 0 Å². The van der Waals surface area contributed by atoms with Gasteiger partial charge in [0.25, 0.3) is 0 Å². The molecule has 1 rings (SSSR count). The van der Waals surface area contributed by atoms with Gasteiger partial charge in [-0.25, -0.2) is 4.39 Å². The summed E-state index contributed by atoms with van der Waals surface area (Å²) in [6.07, 6.45) is -6.96. The van der Waals surface area contributed by atoms with Crippen molar-refractivity contribution in [3.05, 3.63) is 0 Å². The highest BCUT2D eigenvalue weighted by Crippen LogP contribution is 2.27. The van der Waals surface area contributed by atoms with Crippen molar-refractivity contribution in [2.45, 2.75) is 58.3 Å². The second-order valence-electron chi connectivity index (χ2n) is 5.41. The predicted octanol–water partition coefficient (Wildman–Crippen LogP) is 0.0815. The number of hydrogen-bond donors (Lipinski definition) is 0. The van der Waals surface area contributed by atoms with E-state index in [1.165, 1.54) is 0 Å². The number of carbonyl (C=O) groups is 4. The van der Waals surface area contributed by atoms with Gasteiger partial charge in [0, 0.05) is 27.7 Å². The first-order valence-corrected chi connectivity index (χ1v) is 7.52. The number of halogens is 1. The van der Waals surface area contributed by atoms with Gasteiger partial charge in [-0.15, -0.1) is 0 Å². The molecule has 0 radical (unpaired) electrons. The molecule has 1 aliphatic heterocycles. The van der Waals surface area contributed by atoms with Crippen LogP contribution in [0, 0.1) is 0 Å². The van der Waals surface area contributed by atoms with Gasteiger partial charge in [-0.1, -0.05) is 0 Å². The van der Waals surface area contributed by atoms with Gasteiger partial charge in [0.15, 0.2) is 24.5 Å². The van der Waals surface area contributed by atoms with Crippen LogP contribution in [0.25, 0.3) is 0 Å². The Morgan fingerprint density at radius 3 is 1.92 bits per heavy atom. The van der Waals surface area contributed by atoms with E-state index in [-0.39, 0.29) is 6.61 Å². The molecule has 3 unspecified atom stereocenters. The lowest BCUT2D eigenvalue weighted by Gasteiger charge is -2.41. The molecule has 1 fully saturated rings. The lowest BCUT2D eigenvalue weighted by Crippen LogP contribution is -2.60. The van der Waals surface area contributed by atoms with Crippen molar-refractivity contribution in [1.29, 1.82) is 0 Å². The van der Waals surface area contributed by atoms with E-state index in [1.54, 1.807) is 0 Å². The molecule has 0 spiro atoms. The Hall–Kier alpha value is -2.23. The minimum absolute atomic E-state index is 0.291. The summed E-state index contributed by atoms with van der Waals surface area (Å²) >= 11 is 0. The Morgan fingerprint density at radius 1 is 0.920 bits per heavy atom. The summed E-state index contributed by atoms with van der Waals surface area (Å²) in [6, 6.07) is 0. The van der Waals surface area contributed by atoms with Gasteiger partial charge in [-0.2, -0.15) is 0 Å². The molecule has 0 bridgehead atoms. The average Bonchev–Trinajstić information content (AvgIpc) is 2.46. The van der Waals surface area contributed by atoms with Gasteiger partial charge in [-0.05, 0) is 0 Å². The quantitative estimate of drug-likeness (QED) is 0.477. The van der Waals surface area contributed by atoms with Crippen LogP contribution in [-0.4, -0.2) is 67.7 Å². The third kappa shape index (κ3) is 6.65. The van der Waals surface area contributed by atoms with Gasteiger partial charge in [0.2, 0.25) is 0 Å². The van der Waals surface area contributed by atoms with Crippen LogP contribution in [0.15, 0.2) is 0 Å². The molecular weight excluding hydrogens is 343 g/mol. The fourth-order valence-corrected chi connectivity index (χ4v) is 2.37. The minimum atomic E-state index is -1.86. The van der Waals surface area contributed by atoms with E-state index in [9.17, 15) is 23.6 Å². The fraction of sp³-hybridized carbons (Fsp3) is 0.733. The van der Waals surface area contributed by atoms with E-state index in [2.05, 4.69) is 4.74 Å². The van der Waals surface area contributed by atoms with Crippen LogP contribution < -0.4 is 0 Å². The second-order valence-corrected chi connectivity index (χ2v) is 5.41. The second kappa shape index (κ2) is 9.30. The number of hydrogen-bond acceptors (Lipinski definition) is 9. The molecule has 5 atom stereocenters.